The Balaban J connectivity index is 1.42. The summed E-state index contributed by atoms with van der Waals surface area (Å²) in [7, 11) is 0. The monoisotopic (exact) mass is 584 g/mol. The Kier molecular flexibility index (Phi) is 7.30. The zero-order valence-corrected chi connectivity index (χ0v) is 22.7. The van der Waals surface area contributed by atoms with E-state index in [0.717, 1.165) is 0 Å². The minimum atomic E-state index is -0.484. The maximum absolute atomic E-state index is 13.7. The highest BCUT2D eigenvalue weighted by Crippen LogP contribution is 2.35. The average Bonchev–Trinajstić information content (AvgIpc) is 3.37. The third-order valence-corrected chi connectivity index (χ3v) is 7.43. The molecule has 2 aliphatic rings. The molecule has 0 aliphatic carbocycles. The Bertz CT molecular complexity index is 1380. The molecule has 0 spiro atoms. The third-order valence-electron chi connectivity index (χ3n) is 6.97. The van der Waals surface area contributed by atoms with E-state index in [-0.39, 0.29) is 46.9 Å². The Hall–Kier alpha value is -3.58. The first-order valence-corrected chi connectivity index (χ1v) is 13.4. The van der Waals surface area contributed by atoms with Gasteiger partial charge in [-0.05, 0) is 32.8 Å². The van der Waals surface area contributed by atoms with Crippen molar-refractivity contribution in [2.24, 2.45) is 0 Å². The number of fused-ring (bicyclic) bond motifs is 1. The number of hydrogen-bond donors (Lipinski definition) is 3. The molecule has 2 saturated heterocycles. The summed E-state index contributed by atoms with van der Waals surface area (Å²) in [5.41, 5.74) is 1.85. The minimum absolute atomic E-state index is 0.104. The molecule has 4 heterocycles. The highest BCUT2D eigenvalue weighted by molar-refractivity contribution is 9.10. The molecule has 38 heavy (non-hydrogen) atoms. The maximum Gasteiger partial charge on any atom is 0.294 e. The van der Waals surface area contributed by atoms with Crippen molar-refractivity contribution in [1.82, 2.24) is 30.1 Å². The number of amides is 2. The summed E-state index contributed by atoms with van der Waals surface area (Å²) in [6.45, 7) is 5.88. The molecule has 0 saturated carbocycles. The lowest BCUT2D eigenvalue weighted by atomic mass is 10.0. The molecular formula is C25H29BrN8O4. The average molecular weight is 585 g/mol. The molecule has 13 heteroatoms. The van der Waals surface area contributed by atoms with E-state index < -0.39 is 4.92 Å². The first kappa shape index (κ1) is 26.0. The number of piperidine rings is 1. The van der Waals surface area contributed by atoms with Crippen molar-refractivity contribution in [3.8, 4) is 0 Å². The quantitative estimate of drug-likeness (QED) is 0.306. The molecule has 0 unspecified atom stereocenters. The summed E-state index contributed by atoms with van der Waals surface area (Å²) in [6.07, 6.45) is 6.04. The third kappa shape index (κ3) is 5.20. The SMILES string of the molecule is C[C@@H]1CN(C(=O)c2cc(Br)cc([N+](=O)[O-])c2N[C@@H]2CCCN(C(=O)c3cncc4[nH]cnc34)C2)C[C@H](C)N1. The van der Waals surface area contributed by atoms with Crippen LogP contribution in [0.2, 0.25) is 0 Å². The van der Waals surface area contributed by atoms with Gasteiger partial charge in [0.25, 0.3) is 17.5 Å². The number of H-pyrrole nitrogens is 1. The van der Waals surface area contributed by atoms with Crippen LogP contribution in [0, 0.1) is 10.1 Å². The number of aromatic nitrogens is 3. The zero-order chi connectivity index (χ0) is 27.0. The van der Waals surface area contributed by atoms with Gasteiger partial charge >= 0.3 is 0 Å². The lowest BCUT2D eigenvalue weighted by molar-refractivity contribution is -0.384. The van der Waals surface area contributed by atoms with Gasteiger partial charge in [0.1, 0.15) is 11.2 Å². The van der Waals surface area contributed by atoms with Gasteiger partial charge in [-0.2, -0.15) is 0 Å². The van der Waals surface area contributed by atoms with E-state index in [1.807, 2.05) is 13.8 Å². The predicted octanol–water partition coefficient (Wildman–Crippen LogP) is 3.17. The van der Waals surface area contributed by atoms with E-state index in [4.69, 9.17) is 0 Å². The van der Waals surface area contributed by atoms with Crippen LogP contribution in [-0.4, -0.2) is 85.8 Å². The summed E-state index contributed by atoms with van der Waals surface area (Å²) in [6, 6.07) is 2.95. The van der Waals surface area contributed by atoms with Crippen LogP contribution in [0.4, 0.5) is 11.4 Å². The number of hydrogen-bond acceptors (Lipinski definition) is 8. The number of benzene rings is 1. The number of nitro benzene ring substituents is 1. The summed E-state index contributed by atoms with van der Waals surface area (Å²) >= 11 is 3.35. The number of nitro groups is 1. The van der Waals surface area contributed by atoms with Crippen LogP contribution in [0.25, 0.3) is 11.0 Å². The molecule has 3 atom stereocenters. The van der Waals surface area contributed by atoms with Crippen molar-refractivity contribution >= 4 is 50.2 Å². The number of halogens is 1. The number of carbonyl (C=O) groups is 2. The minimum Gasteiger partial charge on any atom is -0.374 e. The number of nitrogens with one attached hydrogen (secondary N) is 3. The van der Waals surface area contributed by atoms with Crippen LogP contribution >= 0.6 is 15.9 Å². The number of piperazine rings is 1. The first-order valence-electron chi connectivity index (χ1n) is 12.6. The highest BCUT2D eigenvalue weighted by atomic mass is 79.9. The second-order valence-corrected chi connectivity index (χ2v) is 10.9. The number of aromatic amines is 1. The number of rotatable bonds is 5. The molecule has 2 aromatic heterocycles. The number of nitrogens with zero attached hydrogens (tertiary/aromatic N) is 5. The van der Waals surface area contributed by atoms with Crippen molar-refractivity contribution in [3.05, 3.63) is 56.6 Å². The van der Waals surface area contributed by atoms with Gasteiger partial charge < -0.3 is 25.4 Å². The van der Waals surface area contributed by atoms with E-state index >= 15 is 0 Å². The van der Waals surface area contributed by atoms with Gasteiger partial charge in [-0.15, -0.1) is 0 Å². The fourth-order valence-electron chi connectivity index (χ4n) is 5.39. The maximum atomic E-state index is 13.7. The molecule has 3 N–H and O–H groups in total. The lowest BCUT2D eigenvalue weighted by Gasteiger charge is -2.37. The van der Waals surface area contributed by atoms with E-state index in [1.54, 1.807) is 22.1 Å². The Labute approximate surface area is 227 Å². The number of anilines is 1. The van der Waals surface area contributed by atoms with Crippen LogP contribution in [0.15, 0.2) is 35.3 Å². The van der Waals surface area contributed by atoms with Gasteiger partial charge in [0, 0.05) is 61.0 Å². The molecular weight excluding hydrogens is 556 g/mol. The van der Waals surface area contributed by atoms with Gasteiger partial charge in [0.2, 0.25) is 0 Å². The lowest BCUT2D eigenvalue weighted by Crippen LogP contribution is -2.56. The van der Waals surface area contributed by atoms with Crippen LogP contribution in [-0.2, 0) is 0 Å². The molecule has 0 bridgehead atoms. The van der Waals surface area contributed by atoms with Gasteiger partial charge in [-0.25, -0.2) is 4.98 Å². The Morgan fingerprint density at radius 2 is 1.84 bits per heavy atom. The van der Waals surface area contributed by atoms with Crippen molar-refractivity contribution in [3.63, 3.8) is 0 Å². The van der Waals surface area contributed by atoms with Gasteiger partial charge in [-0.1, -0.05) is 15.9 Å². The Morgan fingerprint density at radius 1 is 1.11 bits per heavy atom. The van der Waals surface area contributed by atoms with E-state index in [2.05, 4.69) is 41.5 Å². The van der Waals surface area contributed by atoms with Gasteiger partial charge in [0.15, 0.2) is 0 Å². The van der Waals surface area contributed by atoms with Crippen molar-refractivity contribution in [2.75, 3.05) is 31.5 Å². The molecule has 2 aliphatic heterocycles. The molecule has 200 valence electrons. The van der Waals surface area contributed by atoms with Crippen molar-refractivity contribution in [1.29, 1.82) is 0 Å². The van der Waals surface area contributed by atoms with E-state index in [9.17, 15) is 19.7 Å². The second-order valence-electron chi connectivity index (χ2n) is 10.0. The molecule has 0 radical (unpaired) electrons. The van der Waals surface area contributed by atoms with Crippen LogP contribution in [0.3, 0.4) is 0 Å². The molecule has 3 aromatic rings. The van der Waals surface area contributed by atoms with Crippen LogP contribution in [0.5, 0.6) is 0 Å². The molecule has 1 aromatic carbocycles. The number of pyridine rings is 1. The highest BCUT2D eigenvalue weighted by Gasteiger charge is 2.33. The zero-order valence-electron chi connectivity index (χ0n) is 21.1. The second kappa shape index (κ2) is 10.7. The summed E-state index contributed by atoms with van der Waals surface area (Å²) < 4.78 is 0.453. The van der Waals surface area contributed by atoms with E-state index in [1.165, 1.54) is 18.6 Å². The summed E-state index contributed by atoms with van der Waals surface area (Å²) in [5, 5.41) is 18.7. The molecule has 12 nitrogen and oxygen atoms in total. The van der Waals surface area contributed by atoms with Crippen molar-refractivity contribution < 1.29 is 14.5 Å². The van der Waals surface area contributed by atoms with Gasteiger partial charge in [-0.3, -0.25) is 24.7 Å². The molecule has 2 fully saturated rings. The number of imidazole rings is 1. The number of carbonyl (C=O) groups excluding carboxylic acids is 2. The topological polar surface area (TPSA) is 149 Å². The van der Waals surface area contributed by atoms with Gasteiger partial charge in [0.05, 0.1) is 34.1 Å². The standard InChI is InChI=1S/C25H29BrN8O4/c1-14-10-33(11-15(2)30-14)24(35)18-6-16(26)7-21(34(37)38)23(18)31-17-4-3-5-32(12-17)25(36)19-8-27-9-20-22(19)29-13-28-20/h6-9,13-15,17,30-31H,3-5,10-12H2,1-2H3,(H,28,29)/t14-,15+,17-/m1/s1. The fraction of sp³-hybridized carbons (Fsp3) is 0.440. The molecule has 2 amide bonds. The smallest absolute Gasteiger partial charge is 0.294 e. The normalized spacial score (nSPS) is 21.9. The van der Waals surface area contributed by atoms with Crippen LogP contribution in [0.1, 0.15) is 47.4 Å². The fourth-order valence-corrected chi connectivity index (χ4v) is 5.84. The summed E-state index contributed by atoms with van der Waals surface area (Å²) in [4.78, 5) is 53.5. The van der Waals surface area contributed by atoms with Crippen LogP contribution < -0.4 is 10.6 Å². The summed E-state index contributed by atoms with van der Waals surface area (Å²) in [5.74, 6) is -0.468. The molecule has 5 rings (SSSR count). The first-order chi connectivity index (χ1) is 18.2. The van der Waals surface area contributed by atoms with Crippen molar-refractivity contribution in [2.45, 2.75) is 44.8 Å². The largest absolute Gasteiger partial charge is 0.374 e. The Morgan fingerprint density at radius 3 is 2.58 bits per heavy atom. The predicted molar refractivity (Wildman–Crippen MR) is 145 cm³/mol. The number of likely N-dealkylation sites (tertiary alicyclic amines) is 1. The van der Waals surface area contributed by atoms with E-state index in [0.29, 0.717) is 60.1 Å².